The molecule has 23 heavy (non-hydrogen) atoms. The maximum absolute atomic E-state index is 12.2. The fourth-order valence-electron chi connectivity index (χ4n) is 2.91. The van der Waals surface area contributed by atoms with Crippen molar-refractivity contribution in [1.29, 1.82) is 0 Å². The van der Waals surface area contributed by atoms with E-state index in [2.05, 4.69) is 16.0 Å². The third-order valence-corrected chi connectivity index (χ3v) is 4.47. The molecule has 1 atom stereocenters. The summed E-state index contributed by atoms with van der Waals surface area (Å²) in [6, 6.07) is 7.70. The van der Waals surface area contributed by atoms with Gasteiger partial charge < -0.3 is 20.9 Å². The Morgan fingerprint density at radius 1 is 1.30 bits per heavy atom. The molecule has 0 radical (unpaired) electrons. The lowest BCUT2D eigenvalue weighted by Crippen LogP contribution is -2.44. The Bertz CT molecular complexity index is 486. The number of nitrogens with one attached hydrogen (secondary N) is 3. The van der Waals surface area contributed by atoms with Crippen molar-refractivity contribution in [3.8, 4) is 0 Å². The Hall–Kier alpha value is -1.30. The number of benzene rings is 1. The van der Waals surface area contributed by atoms with Gasteiger partial charge in [-0.25, -0.2) is 4.79 Å². The minimum Gasteiger partial charge on any atom is -0.337 e. The van der Waals surface area contributed by atoms with E-state index in [1.807, 2.05) is 43.3 Å². The van der Waals surface area contributed by atoms with Crippen molar-refractivity contribution >= 4 is 17.6 Å². The van der Waals surface area contributed by atoms with Crippen LogP contribution in [-0.2, 0) is 0 Å². The molecule has 2 amide bonds. The molecule has 128 valence electrons. The van der Waals surface area contributed by atoms with Crippen LogP contribution in [0.1, 0.15) is 24.4 Å². The molecule has 0 aromatic heterocycles. The molecule has 0 saturated carbocycles. The molecular weight excluding hydrogens is 312 g/mol. The Kier molecular flexibility index (Phi) is 7.15. The van der Waals surface area contributed by atoms with Crippen LogP contribution < -0.4 is 16.0 Å². The number of piperidine rings is 1. The molecule has 0 aliphatic carbocycles. The number of halogens is 1. The topological polar surface area (TPSA) is 56.4 Å². The van der Waals surface area contributed by atoms with Gasteiger partial charge in [0.2, 0.25) is 0 Å². The largest absolute Gasteiger partial charge is 0.337 e. The van der Waals surface area contributed by atoms with Gasteiger partial charge in [-0.15, -0.1) is 0 Å². The number of hydrogen-bond acceptors (Lipinski definition) is 3. The van der Waals surface area contributed by atoms with E-state index in [0.29, 0.717) is 17.5 Å². The molecule has 0 bridgehead atoms. The Balaban J connectivity index is 2.01. The predicted molar refractivity (Wildman–Crippen MR) is 94.9 cm³/mol. The molecule has 1 aromatic rings. The molecule has 1 saturated heterocycles. The van der Waals surface area contributed by atoms with E-state index in [4.69, 9.17) is 11.6 Å². The zero-order valence-electron chi connectivity index (χ0n) is 13.9. The van der Waals surface area contributed by atoms with E-state index in [9.17, 15) is 4.79 Å². The van der Waals surface area contributed by atoms with Crippen LogP contribution in [0.2, 0.25) is 5.02 Å². The lowest BCUT2D eigenvalue weighted by molar-refractivity contribution is 0.222. The van der Waals surface area contributed by atoms with Gasteiger partial charge in [-0.3, -0.25) is 0 Å². The van der Waals surface area contributed by atoms with Crippen molar-refractivity contribution in [2.45, 2.75) is 18.9 Å². The molecule has 3 N–H and O–H groups in total. The zero-order valence-corrected chi connectivity index (χ0v) is 14.7. The van der Waals surface area contributed by atoms with E-state index in [-0.39, 0.29) is 12.1 Å². The van der Waals surface area contributed by atoms with Crippen LogP contribution in [0.3, 0.4) is 0 Å². The van der Waals surface area contributed by atoms with Gasteiger partial charge in [-0.05, 0) is 63.6 Å². The highest BCUT2D eigenvalue weighted by Gasteiger charge is 2.26. The maximum Gasteiger partial charge on any atom is 0.315 e. The van der Waals surface area contributed by atoms with Crippen molar-refractivity contribution in [3.63, 3.8) is 0 Å². The number of likely N-dealkylation sites (N-methyl/N-ethyl adjacent to an activating group) is 1. The van der Waals surface area contributed by atoms with Crippen LogP contribution in [-0.4, -0.2) is 51.2 Å². The molecule has 2 rings (SSSR count). The average Bonchev–Trinajstić information content (AvgIpc) is 2.54. The van der Waals surface area contributed by atoms with Gasteiger partial charge in [0.15, 0.2) is 0 Å². The number of carbonyl (C=O) groups excluding carboxylic acids is 1. The molecule has 1 unspecified atom stereocenters. The highest BCUT2D eigenvalue weighted by molar-refractivity contribution is 6.30. The molecule has 0 spiro atoms. The predicted octanol–water partition coefficient (Wildman–Crippen LogP) is 2.24. The summed E-state index contributed by atoms with van der Waals surface area (Å²) in [5, 5.41) is 10.2. The fourth-order valence-corrected chi connectivity index (χ4v) is 3.03. The monoisotopic (exact) mass is 338 g/mol. The maximum atomic E-state index is 12.2. The number of urea groups is 1. The Morgan fingerprint density at radius 3 is 2.57 bits per heavy atom. The Labute approximate surface area is 143 Å². The van der Waals surface area contributed by atoms with E-state index >= 15 is 0 Å². The number of amides is 2. The first-order chi connectivity index (χ1) is 11.1. The molecule has 5 nitrogen and oxygen atoms in total. The summed E-state index contributed by atoms with van der Waals surface area (Å²) in [4.78, 5) is 14.3. The van der Waals surface area contributed by atoms with Crippen LogP contribution in [0.15, 0.2) is 24.3 Å². The smallest absolute Gasteiger partial charge is 0.315 e. The first kappa shape index (κ1) is 18.0. The minimum absolute atomic E-state index is 0.0220. The Morgan fingerprint density at radius 2 is 1.96 bits per heavy atom. The highest BCUT2D eigenvalue weighted by Crippen LogP contribution is 2.29. The summed E-state index contributed by atoms with van der Waals surface area (Å²) < 4.78 is 0. The second-order valence-electron chi connectivity index (χ2n) is 6.32. The van der Waals surface area contributed by atoms with E-state index in [0.717, 1.165) is 38.0 Å². The molecule has 1 fully saturated rings. The molecule has 6 heteroatoms. The summed E-state index contributed by atoms with van der Waals surface area (Å²) in [5.41, 5.74) is 1.11. The van der Waals surface area contributed by atoms with Gasteiger partial charge in [-0.2, -0.15) is 0 Å². The molecule has 1 aromatic carbocycles. The van der Waals surface area contributed by atoms with Crippen molar-refractivity contribution in [3.05, 3.63) is 34.9 Å². The van der Waals surface area contributed by atoms with E-state index in [1.54, 1.807) is 0 Å². The van der Waals surface area contributed by atoms with Crippen LogP contribution in [0, 0.1) is 5.92 Å². The van der Waals surface area contributed by atoms with Crippen LogP contribution >= 0.6 is 11.6 Å². The van der Waals surface area contributed by atoms with Crippen molar-refractivity contribution in [1.82, 2.24) is 20.9 Å². The van der Waals surface area contributed by atoms with Crippen LogP contribution in [0.25, 0.3) is 0 Å². The molecule has 1 heterocycles. The third kappa shape index (κ3) is 6.01. The molecule has 1 aliphatic rings. The summed E-state index contributed by atoms with van der Waals surface area (Å²) in [6.07, 6.45) is 2.12. The van der Waals surface area contributed by atoms with E-state index < -0.39 is 0 Å². The van der Waals surface area contributed by atoms with Crippen LogP contribution in [0.4, 0.5) is 4.79 Å². The second kappa shape index (κ2) is 9.11. The molecular formula is C17H27ClN4O. The van der Waals surface area contributed by atoms with Crippen molar-refractivity contribution < 1.29 is 4.79 Å². The van der Waals surface area contributed by atoms with Crippen molar-refractivity contribution in [2.75, 3.05) is 40.3 Å². The number of carbonyl (C=O) groups is 1. The number of hydrogen-bond donors (Lipinski definition) is 3. The van der Waals surface area contributed by atoms with Gasteiger partial charge >= 0.3 is 6.03 Å². The van der Waals surface area contributed by atoms with Gasteiger partial charge in [0.05, 0.1) is 6.04 Å². The first-order valence-corrected chi connectivity index (χ1v) is 8.59. The molecule has 1 aliphatic heterocycles. The zero-order chi connectivity index (χ0) is 16.7. The van der Waals surface area contributed by atoms with Crippen molar-refractivity contribution in [2.24, 2.45) is 5.92 Å². The average molecular weight is 339 g/mol. The summed E-state index contributed by atoms with van der Waals surface area (Å²) in [5.74, 6) is 0.442. The summed E-state index contributed by atoms with van der Waals surface area (Å²) in [6.45, 7) is 3.46. The number of rotatable bonds is 6. The lowest BCUT2D eigenvalue weighted by Gasteiger charge is -2.32. The quantitative estimate of drug-likeness (QED) is 0.745. The second-order valence-corrected chi connectivity index (χ2v) is 6.76. The van der Waals surface area contributed by atoms with Gasteiger partial charge in [0.25, 0.3) is 0 Å². The normalized spacial score (nSPS) is 17.0. The first-order valence-electron chi connectivity index (χ1n) is 8.21. The van der Waals surface area contributed by atoms with Gasteiger partial charge in [0, 0.05) is 18.1 Å². The third-order valence-electron chi connectivity index (χ3n) is 4.22. The summed E-state index contributed by atoms with van der Waals surface area (Å²) >= 11 is 5.99. The number of nitrogens with zero attached hydrogens (tertiary/aromatic N) is 1. The highest BCUT2D eigenvalue weighted by atomic mass is 35.5. The van der Waals surface area contributed by atoms with Gasteiger partial charge in [0.1, 0.15) is 0 Å². The van der Waals surface area contributed by atoms with E-state index in [1.165, 1.54) is 0 Å². The minimum atomic E-state index is -0.106. The van der Waals surface area contributed by atoms with Crippen LogP contribution in [0.5, 0.6) is 0 Å². The fraction of sp³-hybridized carbons (Fsp3) is 0.588. The SMILES string of the molecule is CN(C)CCNC(=O)NC(c1ccc(Cl)cc1)C1CCNCC1. The lowest BCUT2D eigenvalue weighted by atomic mass is 9.86. The standard InChI is InChI=1S/C17H27ClN4O/c1-22(2)12-11-20-17(23)21-16(14-7-9-19-10-8-14)13-3-5-15(18)6-4-13/h3-6,14,16,19H,7-12H2,1-2H3,(H2,20,21,23). The van der Waals surface area contributed by atoms with Gasteiger partial charge in [-0.1, -0.05) is 23.7 Å². The summed E-state index contributed by atoms with van der Waals surface area (Å²) in [7, 11) is 3.98.